The van der Waals surface area contributed by atoms with E-state index in [2.05, 4.69) is 84.9 Å². The zero-order valence-electron chi connectivity index (χ0n) is 24.4. The van der Waals surface area contributed by atoms with Crippen LogP contribution in [0.25, 0.3) is 99.6 Å². The lowest BCUT2D eigenvalue weighted by Crippen LogP contribution is -1.96. The number of rotatable bonds is 3. The molecule has 0 aliphatic rings. The predicted octanol–water partition coefficient (Wildman–Crippen LogP) is 11.0. The molecule has 0 saturated heterocycles. The summed E-state index contributed by atoms with van der Waals surface area (Å²) in [6, 6.07) is 47.4. The molecule has 0 aliphatic carbocycles. The van der Waals surface area contributed by atoms with Crippen LogP contribution in [-0.2, 0) is 0 Å². The van der Waals surface area contributed by atoms with E-state index in [0.29, 0.717) is 11.4 Å². The number of fused-ring (bicyclic) bond motifs is 10. The molecule has 0 unspecified atom stereocenters. The van der Waals surface area contributed by atoms with Crippen molar-refractivity contribution < 1.29 is 8.83 Å². The summed E-state index contributed by atoms with van der Waals surface area (Å²) in [6.07, 6.45) is 0. The Hall–Kier alpha value is -6.33. The van der Waals surface area contributed by atoms with Crippen LogP contribution >= 0.6 is 0 Å². The number of aromatic nitrogens is 3. The van der Waals surface area contributed by atoms with Crippen LogP contribution in [0.5, 0.6) is 0 Å². The van der Waals surface area contributed by atoms with Crippen LogP contribution in [0.1, 0.15) is 0 Å². The highest BCUT2D eigenvalue weighted by molar-refractivity contribution is 6.23. The molecular formula is C41H23N3O2. The van der Waals surface area contributed by atoms with Crippen molar-refractivity contribution >= 4 is 65.7 Å². The molecular weight excluding hydrogens is 566 g/mol. The van der Waals surface area contributed by atoms with Crippen molar-refractivity contribution in [3.8, 4) is 33.9 Å². The first-order valence-corrected chi connectivity index (χ1v) is 15.3. The number of furan rings is 2. The molecule has 0 bridgehead atoms. The maximum Gasteiger partial charge on any atom is 0.165 e. The second kappa shape index (κ2) is 9.58. The fraction of sp³-hybridized carbons (Fsp3) is 0. The molecule has 5 heteroatoms. The van der Waals surface area contributed by atoms with E-state index in [1.165, 1.54) is 0 Å². The fourth-order valence-corrected chi connectivity index (χ4v) is 6.69. The number of nitrogens with zero attached hydrogens (tertiary/aromatic N) is 3. The SMILES string of the molecule is c1ccc(-c2nc(-c3ccc(-c4nc5c6ccccc6oc5c5c4oc4ccccc45)cc3)nc3c2ccc2ccccc23)cc1. The van der Waals surface area contributed by atoms with Crippen molar-refractivity contribution in [3.05, 3.63) is 140 Å². The first-order chi connectivity index (χ1) is 22.8. The highest BCUT2D eigenvalue weighted by Gasteiger charge is 2.22. The van der Waals surface area contributed by atoms with Gasteiger partial charge in [0.05, 0.1) is 16.6 Å². The Balaban J connectivity index is 1.19. The average Bonchev–Trinajstić information content (AvgIpc) is 3.70. The summed E-state index contributed by atoms with van der Waals surface area (Å²) in [5.41, 5.74) is 9.42. The van der Waals surface area contributed by atoms with Gasteiger partial charge < -0.3 is 8.83 Å². The summed E-state index contributed by atoms with van der Waals surface area (Å²) in [4.78, 5) is 15.5. The molecule has 214 valence electrons. The zero-order valence-corrected chi connectivity index (χ0v) is 24.4. The minimum atomic E-state index is 0.674. The maximum atomic E-state index is 6.46. The summed E-state index contributed by atoms with van der Waals surface area (Å²) in [6.45, 7) is 0. The van der Waals surface area contributed by atoms with Gasteiger partial charge in [0.1, 0.15) is 22.4 Å². The molecule has 0 atom stereocenters. The van der Waals surface area contributed by atoms with Gasteiger partial charge in [-0.25, -0.2) is 15.0 Å². The molecule has 0 N–H and O–H groups in total. The Labute approximate surface area is 262 Å². The number of hydrogen-bond donors (Lipinski definition) is 0. The lowest BCUT2D eigenvalue weighted by Gasteiger charge is -2.12. The number of pyridine rings is 1. The summed E-state index contributed by atoms with van der Waals surface area (Å²) >= 11 is 0. The molecule has 6 aromatic carbocycles. The van der Waals surface area contributed by atoms with Crippen molar-refractivity contribution in [2.75, 3.05) is 0 Å². The van der Waals surface area contributed by atoms with Crippen molar-refractivity contribution in [3.63, 3.8) is 0 Å². The van der Waals surface area contributed by atoms with Crippen molar-refractivity contribution in [1.82, 2.24) is 15.0 Å². The quantitative estimate of drug-likeness (QED) is 0.192. The lowest BCUT2D eigenvalue weighted by atomic mass is 10.0. The molecule has 0 aliphatic heterocycles. The van der Waals surface area contributed by atoms with Crippen LogP contribution in [0, 0.1) is 0 Å². The molecule has 4 heterocycles. The zero-order chi connectivity index (χ0) is 30.2. The van der Waals surface area contributed by atoms with E-state index < -0.39 is 0 Å². The molecule has 4 aromatic heterocycles. The third-order valence-corrected chi connectivity index (χ3v) is 8.89. The number of benzene rings is 6. The van der Waals surface area contributed by atoms with Crippen molar-refractivity contribution in [2.24, 2.45) is 0 Å². The Bertz CT molecular complexity index is 2800. The largest absolute Gasteiger partial charge is 0.454 e. The van der Waals surface area contributed by atoms with E-state index in [4.69, 9.17) is 23.8 Å². The third kappa shape index (κ3) is 3.66. The van der Waals surface area contributed by atoms with Crippen LogP contribution in [0.4, 0.5) is 0 Å². The topological polar surface area (TPSA) is 65.0 Å². The second-order valence-electron chi connectivity index (χ2n) is 11.6. The summed E-state index contributed by atoms with van der Waals surface area (Å²) in [7, 11) is 0. The van der Waals surface area contributed by atoms with Gasteiger partial charge in [0.15, 0.2) is 17.0 Å². The Morgan fingerprint density at radius 3 is 1.83 bits per heavy atom. The van der Waals surface area contributed by atoms with E-state index in [1.807, 2.05) is 54.6 Å². The first-order valence-electron chi connectivity index (χ1n) is 15.3. The highest BCUT2D eigenvalue weighted by Crippen LogP contribution is 2.42. The van der Waals surface area contributed by atoms with Crippen LogP contribution in [0.2, 0.25) is 0 Å². The van der Waals surface area contributed by atoms with Gasteiger partial charge in [-0.05, 0) is 29.7 Å². The third-order valence-electron chi connectivity index (χ3n) is 8.89. The summed E-state index contributed by atoms with van der Waals surface area (Å²) < 4.78 is 12.8. The smallest absolute Gasteiger partial charge is 0.165 e. The average molecular weight is 590 g/mol. The van der Waals surface area contributed by atoms with E-state index in [-0.39, 0.29) is 0 Å². The minimum absolute atomic E-state index is 0.674. The summed E-state index contributed by atoms with van der Waals surface area (Å²) in [5.74, 6) is 0.674. The van der Waals surface area contributed by atoms with Crippen LogP contribution in [0.15, 0.2) is 148 Å². The molecule has 10 rings (SSSR count). The van der Waals surface area contributed by atoms with Crippen LogP contribution < -0.4 is 0 Å². The number of hydrogen-bond acceptors (Lipinski definition) is 5. The van der Waals surface area contributed by atoms with Crippen molar-refractivity contribution in [1.29, 1.82) is 0 Å². The van der Waals surface area contributed by atoms with Gasteiger partial charge in [0, 0.05) is 38.2 Å². The van der Waals surface area contributed by atoms with Gasteiger partial charge in [-0.2, -0.15) is 0 Å². The van der Waals surface area contributed by atoms with E-state index in [9.17, 15) is 0 Å². The van der Waals surface area contributed by atoms with Gasteiger partial charge in [0.25, 0.3) is 0 Å². The fourth-order valence-electron chi connectivity index (χ4n) is 6.69. The minimum Gasteiger partial charge on any atom is -0.454 e. The first kappa shape index (κ1) is 25.0. The maximum absolute atomic E-state index is 6.46. The van der Waals surface area contributed by atoms with Gasteiger partial charge in [0.2, 0.25) is 0 Å². The Kier molecular flexibility index (Phi) is 5.22. The molecule has 0 amide bonds. The van der Waals surface area contributed by atoms with Gasteiger partial charge >= 0.3 is 0 Å². The normalized spacial score (nSPS) is 11.9. The molecule has 0 spiro atoms. The molecule has 46 heavy (non-hydrogen) atoms. The van der Waals surface area contributed by atoms with Gasteiger partial charge in [-0.1, -0.05) is 115 Å². The van der Waals surface area contributed by atoms with Crippen LogP contribution in [0.3, 0.4) is 0 Å². The van der Waals surface area contributed by atoms with E-state index in [1.54, 1.807) is 0 Å². The van der Waals surface area contributed by atoms with E-state index in [0.717, 1.165) is 88.2 Å². The van der Waals surface area contributed by atoms with Crippen molar-refractivity contribution in [2.45, 2.75) is 0 Å². The highest BCUT2D eigenvalue weighted by atomic mass is 16.3. The Morgan fingerprint density at radius 1 is 0.370 bits per heavy atom. The van der Waals surface area contributed by atoms with Gasteiger partial charge in [-0.3, -0.25) is 0 Å². The molecule has 10 aromatic rings. The number of para-hydroxylation sites is 2. The van der Waals surface area contributed by atoms with Crippen LogP contribution in [-0.4, -0.2) is 15.0 Å². The predicted molar refractivity (Wildman–Crippen MR) is 186 cm³/mol. The molecule has 5 nitrogen and oxygen atoms in total. The summed E-state index contributed by atoms with van der Waals surface area (Å²) in [5, 5.41) is 6.21. The monoisotopic (exact) mass is 589 g/mol. The standard InChI is InChI=1S/C41H23N3O2/c1-2-11-25(12-3-1)35-31-23-22-24-10-4-5-13-28(24)37(31)44-41(43-35)27-20-18-26(19-21-27)36-39-34(29-14-6-8-16-32(29)45-39)40-38(42-36)30-15-7-9-17-33(30)46-40/h1-23H. The Morgan fingerprint density at radius 2 is 1.00 bits per heavy atom. The van der Waals surface area contributed by atoms with E-state index >= 15 is 0 Å². The second-order valence-corrected chi connectivity index (χ2v) is 11.6. The molecule has 0 radical (unpaired) electrons. The lowest BCUT2D eigenvalue weighted by molar-refractivity contribution is 0.661. The molecule has 0 saturated carbocycles. The molecule has 0 fully saturated rings. The van der Waals surface area contributed by atoms with Gasteiger partial charge in [-0.15, -0.1) is 0 Å².